The van der Waals surface area contributed by atoms with Crippen LogP contribution in [0.2, 0.25) is 0 Å². The minimum absolute atomic E-state index is 0.0512. The Morgan fingerprint density at radius 3 is 2.62 bits per heavy atom. The van der Waals surface area contributed by atoms with Crippen LogP contribution in [0.5, 0.6) is 5.75 Å². The normalized spacial score (nSPS) is 10.7. The van der Waals surface area contributed by atoms with E-state index in [0.29, 0.717) is 17.0 Å². The molecule has 144 valence electrons. The summed E-state index contributed by atoms with van der Waals surface area (Å²) in [5.41, 5.74) is 3.02. The van der Waals surface area contributed by atoms with Gasteiger partial charge in [0.05, 0.1) is 15.9 Å². The molecule has 1 amide bonds. The molecule has 0 fully saturated rings. The summed E-state index contributed by atoms with van der Waals surface area (Å²) < 4.78 is 6.64. The van der Waals surface area contributed by atoms with E-state index in [1.807, 2.05) is 48.5 Å². The van der Waals surface area contributed by atoms with Crippen LogP contribution in [0.25, 0.3) is 20.8 Å². The molecule has 6 heteroatoms. The second-order valence-corrected chi connectivity index (χ2v) is 7.48. The lowest BCUT2D eigenvalue weighted by molar-refractivity contribution is -0.118. The first-order valence-corrected chi connectivity index (χ1v) is 9.90. The average Bonchev–Trinajstić information content (AvgIpc) is 3.17. The molecule has 0 unspecified atom stereocenters. The van der Waals surface area contributed by atoms with E-state index in [1.54, 1.807) is 35.6 Å². The predicted molar refractivity (Wildman–Crippen MR) is 116 cm³/mol. The van der Waals surface area contributed by atoms with E-state index in [4.69, 9.17) is 4.74 Å². The lowest BCUT2D eigenvalue weighted by Gasteiger charge is -2.10. The van der Waals surface area contributed by atoms with Crippen LogP contribution in [-0.4, -0.2) is 23.3 Å². The number of anilines is 1. The van der Waals surface area contributed by atoms with Gasteiger partial charge in [0.1, 0.15) is 10.8 Å². The molecule has 0 aliphatic carbocycles. The molecule has 0 spiro atoms. The summed E-state index contributed by atoms with van der Waals surface area (Å²) >= 11 is 1.58. The number of hydrogen-bond acceptors (Lipinski definition) is 5. The fraction of sp³-hybridized carbons (Fsp3) is 0.0870. The first-order valence-electron chi connectivity index (χ1n) is 9.09. The third-order valence-electron chi connectivity index (χ3n) is 4.34. The minimum atomic E-state index is -0.285. The fourth-order valence-electron chi connectivity index (χ4n) is 2.91. The van der Waals surface area contributed by atoms with Crippen molar-refractivity contribution in [1.29, 1.82) is 0 Å². The van der Waals surface area contributed by atoms with Gasteiger partial charge < -0.3 is 10.1 Å². The maximum Gasteiger partial charge on any atom is 0.262 e. The van der Waals surface area contributed by atoms with Gasteiger partial charge in [-0.3, -0.25) is 9.59 Å². The number of carbonyl (C=O) groups excluding carboxylic acids is 2. The van der Waals surface area contributed by atoms with Crippen molar-refractivity contribution in [1.82, 2.24) is 4.98 Å². The lowest BCUT2D eigenvalue weighted by atomic mass is 10.1. The largest absolute Gasteiger partial charge is 0.484 e. The Morgan fingerprint density at radius 1 is 1.00 bits per heavy atom. The zero-order valence-corrected chi connectivity index (χ0v) is 16.5. The van der Waals surface area contributed by atoms with Crippen LogP contribution in [0.4, 0.5) is 5.69 Å². The van der Waals surface area contributed by atoms with Crippen molar-refractivity contribution in [3.05, 3.63) is 78.4 Å². The van der Waals surface area contributed by atoms with Crippen molar-refractivity contribution in [2.75, 3.05) is 11.9 Å². The summed E-state index contributed by atoms with van der Waals surface area (Å²) in [6.45, 7) is 1.33. The average molecular weight is 402 g/mol. The van der Waals surface area contributed by atoms with Crippen LogP contribution in [0.3, 0.4) is 0 Å². The maximum absolute atomic E-state index is 12.4. The summed E-state index contributed by atoms with van der Waals surface area (Å²) in [7, 11) is 0. The van der Waals surface area contributed by atoms with Gasteiger partial charge in [-0.25, -0.2) is 4.98 Å². The Hall–Kier alpha value is -3.51. The molecule has 0 saturated heterocycles. The Kier molecular flexibility index (Phi) is 5.35. The monoisotopic (exact) mass is 402 g/mol. The number of ether oxygens (including phenoxy) is 1. The highest BCUT2D eigenvalue weighted by Gasteiger charge is 2.13. The van der Waals surface area contributed by atoms with Gasteiger partial charge in [-0.05, 0) is 43.3 Å². The number of nitrogens with zero attached hydrogens (tertiary/aromatic N) is 1. The molecular weight excluding hydrogens is 384 g/mol. The molecule has 1 heterocycles. The molecule has 5 nitrogen and oxygen atoms in total. The molecule has 0 aliphatic rings. The van der Waals surface area contributed by atoms with Crippen molar-refractivity contribution in [3.63, 3.8) is 0 Å². The van der Waals surface area contributed by atoms with Gasteiger partial charge in [0.2, 0.25) is 0 Å². The molecule has 0 bridgehead atoms. The minimum Gasteiger partial charge on any atom is -0.484 e. The third kappa shape index (κ3) is 4.33. The molecule has 1 aromatic heterocycles. The Morgan fingerprint density at radius 2 is 1.79 bits per heavy atom. The van der Waals surface area contributed by atoms with E-state index in [9.17, 15) is 9.59 Å². The lowest BCUT2D eigenvalue weighted by Crippen LogP contribution is -2.20. The number of amides is 1. The maximum atomic E-state index is 12.4. The number of rotatable bonds is 6. The zero-order valence-electron chi connectivity index (χ0n) is 15.7. The van der Waals surface area contributed by atoms with Crippen LogP contribution in [0.15, 0.2) is 72.8 Å². The number of carbonyl (C=O) groups is 2. The van der Waals surface area contributed by atoms with Crippen LogP contribution in [0.1, 0.15) is 17.3 Å². The van der Waals surface area contributed by atoms with Gasteiger partial charge in [-0.2, -0.15) is 0 Å². The van der Waals surface area contributed by atoms with Crippen LogP contribution < -0.4 is 10.1 Å². The molecule has 4 aromatic rings. The SMILES string of the molecule is CC(=O)c1cccc(OCC(=O)Nc2ccccc2-c2nc3ccccc3s2)c1. The molecule has 1 N–H and O–H groups in total. The van der Waals surface area contributed by atoms with Gasteiger partial charge in [0.25, 0.3) is 5.91 Å². The van der Waals surface area contributed by atoms with E-state index in [0.717, 1.165) is 20.8 Å². The van der Waals surface area contributed by atoms with Crippen molar-refractivity contribution >= 4 is 38.9 Å². The standard InChI is InChI=1S/C23H18N2O3S/c1-15(26)16-7-6-8-17(13-16)28-14-22(27)24-19-10-3-2-9-18(19)23-25-20-11-4-5-12-21(20)29-23/h2-13H,14H2,1H3,(H,24,27). The number of thiazole rings is 1. The summed E-state index contributed by atoms with van der Waals surface area (Å²) in [5.74, 6) is 0.142. The van der Waals surface area contributed by atoms with Gasteiger partial charge in [-0.1, -0.05) is 36.4 Å². The van der Waals surface area contributed by atoms with Gasteiger partial charge >= 0.3 is 0 Å². The summed E-state index contributed by atoms with van der Waals surface area (Å²) in [6.07, 6.45) is 0. The third-order valence-corrected chi connectivity index (χ3v) is 5.41. The van der Waals surface area contributed by atoms with Gasteiger partial charge in [-0.15, -0.1) is 11.3 Å². The summed E-state index contributed by atoms with van der Waals surface area (Å²) in [4.78, 5) is 28.6. The smallest absolute Gasteiger partial charge is 0.262 e. The molecule has 3 aromatic carbocycles. The fourth-order valence-corrected chi connectivity index (χ4v) is 3.91. The molecular formula is C23H18N2O3S. The summed E-state index contributed by atoms with van der Waals surface area (Å²) in [5, 5.41) is 3.74. The van der Waals surface area contributed by atoms with E-state index >= 15 is 0 Å². The van der Waals surface area contributed by atoms with Crippen molar-refractivity contribution < 1.29 is 14.3 Å². The Bertz CT molecular complexity index is 1170. The molecule has 29 heavy (non-hydrogen) atoms. The number of benzene rings is 3. The first kappa shape index (κ1) is 18.8. The topological polar surface area (TPSA) is 68.3 Å². The van der Waals surface area contributed by atoms with E-state index < -0.39 is 0 Å². The van der Waals surface area contributed by atoms with E-state index in [1.165, 1.54) is 6.92 Å². The number of ketones is 1. The molecule has 0 radical (unpaired) electrons. The van der Waals surface area contributed by atoms with Crippen LogP contribution in [0, 0.1) is 0 Å². The quantitative estimate of drug-likeness (QED) is 0.451. The second-order valence-electron chi connectivity index (χ2n) is 6.45. The molecule has 0 aliphatic heterocycles. The van der Waals surface area contributed by atoms with Crippen LogP contribution in [-0.2, 0) is 4.79 Å². The number of para-hydroxylation sites is 2. The molecule has 0 saturated carbocycles. The van der Waals surface area contributed by atoms with Crippen LogP contribution >= 0.6 is 11.3 Å². The number of aromatic nitrogens is 1. The highest BCUT2D eigenvalue weighted by Crippen LogP contribution is 2.34. The number of hydrogen-bond donors (Lipinski definition) is 1. The number of fused-ring (bicyclic) bond motifs is 1. The number of Topliss-reactive ketones (excluding diaryl/α,β-unsaturated/α-hetero) is 1. The van der Waals surface area contributed by atoms with Crippen molar-refractivity contribution in [3.8, 4) is 16.3 Å². The first-order chi connectivity index (χ1) is 14.1. The summed E-state index contributed by atoms with van der Waals surface area (Å²) in [6, 6.07) is 22.3. The van der Waals surface area contributed by atoms with Gasteiger partial charge in [0, 0.05) is 11.1 Å². The van der Waals surface area contributed by atoms with E-state index in [2.05, 4.69) is 10.3 Å². The van der Waals surface area contributed by atoms with Crippen molar-refractivity contribution in [2.24, 2.45) is 0 Å². The van der Waals surface area contributed by atoms with Crippen molar-refractivity contribution in [2.45, 2.75) is 6.92 Å². The van der Waals surface area contributed by atoms with E-state index in [-0.39, 0.29) is 18.3 Å². The highest BCUT2D eigenvalue weighted by atomic mass is 32.1. The highest BCUT2D eigenvalue weighted by molar-refractivity contribution is 7.21. The number of nitrogens with one attached hydrogen (secondary N) is 1. The predicted octanol–water partition coefficient (Wildman–Crippen LogP) is 5.18. The molecule has 0 atom stereocenters. The zero-order chi connectivity index (χ0) is 20.2. The molecule has 4 rings (SSSR count). The second kappa shape index (κ2) is 8.24. The Balaban J connectivity index is 1.49. The Labute approximate surface area is 172 Å². The van der Waals surface area contributed by atoms with Gasteiger partial charge in [0.15, 0.2) is 12.4 Å².